The Labute approximate surface area is 104 Å². The van der Waals surface area contributed by atoms with Crippen molar-refractivity contribution < 1.29 is 14.7 Å². The summed E-state index contributed by atoms with van der Waals surface area (Å²) >= 11 is 0. The van der Waals surface area contributed by atoms with E-state index in [1.54, 1.807) is 24.3 Å². The molecule has 0 saturated carbocycles. The predicted molar refractivity (Wildman–Crippen MR) is 66.6 cm³/mol. The minimum atomic E-state index is -0.920. The van der Waals surface area contributed by atoms with Gasteiger partial charge in [0.15, 0.2) is 0 Å². The van der Waals surface area contributed by atoms with Crippen molar-refractivity contribution in [2.24, 2.45) is 5.73 Å². The van der Waals surface area contributed by atoms with Gasteiger partial charge in [0, 0.05) is 25.3 Å². The zero-order valence-corrected chi connectivity index (χ0v) is 9.80. The average molecular weight is 249 g/mol. The third-order valence-electron chi connectivity index (χ3n) is 2.93. The number of nitrogens with zero attached hydrogens (tertiary/aromatic N) is 1. The summed E-state index contributed by atoms with van der Waals surface area (Å²) in [5, 5.41) is 11.8. The maximum absolute atomic E-state index is 11.9. The molecule has 1 atom stereocenters. The number of nitrogens with one attached hydrogen (secondary N) is 1. The lowest BCUT2D eigenvalue weighted by Crippen LogP contribution is -2.41. The van der Waals surface area contributed by atoms with E-state index in [0.29, 0.717) is 24.3 Å². The molecule has 4 N–H and O–H groups in total. The minimum Gasteiger partial charge on any atom is -0.481 e. The molecule has 96 valence electrons. The smallest absolute Gasteiger partial charge is 0.321 e. The molecule has 1 aliphatic heterocycles. The van der Waals surface area contributed by atoms with Crippen LogP contribution >= 0.6 is 0 Å². The van der Waals surface area contributed by atoms with E-state index in [1.165, 1.54) is 4.90 Å². The number of carbonyl (C=O) groups is 2. The van der Waals surface area contributed by atoms with E-state index in [4.69, 9.17) is 10.8 Å². The topological polar surface area (TPSA) is 95.7 Å². The zero-order chi connectivity index (χ0) is 13.1. The summed E-state index contributed by atoms with van der Waals surface area (Å²) < 4.78 is 0. The molecular weight excluding hydrogens is 234 g/mol. The van der Waals surface area contributed by atoms with E-state index in [-0.39, 0.29) is 12.6 Å². The molecule has 0 aliphatic carbocycles. The molecule has 0 spiro atoms. The molecule has 0 aromatic heterocycles. The maximum Gasteiger partial charge on any atom is 0.321 e. The standard InChI is InChI=1S/C12H15N3O3/c13-5-6-14-12(18)15-7-9(11(16)17)8-3-1-2-4-10(8)15/h1-4,9H,5-7,13H2,(H,14,18)(H,16,17). The summed E-state index contributed by atoms with van der Waals surface area (Å²) in [4.78, 5) is 24.5. The van der Waals surface area contributed by atoms with Gasteiger partial charge in [0.1, 0.15) is 5.92 Å². The molecule has 1 heterocycles. The second-order valence-corrected chi connectivity index (χ2v) is 4.08. The number of para-hydroxylation sites is 1. The Bertz CT molecular complexity index is 475. The number of hydrogen-bond donors (Lipinski definition) is 3. The van der Waals surface area contributed by atoms with Crippen LogP contribution < -0.4 is 16.0 Å². The van der Waals surface area contributed by atoms with Crippen LogP contribution in [0, 0.1) is 0 Å². The molecule has 6 nitrogen and oxygen atoms in total. The lowest BCUT2D eigenvalue weighted by atomic mass is 10.0. The Balaban J connectivity index is 2.25. The molecule has 0 bridgehead atoms. The molecule has 1 aliphatic rings. The summed E-state index contributed by atoms with van der Waals surface area (Å²) in [6.45, 7) is 0.879. The number of urea groups is 1. The van der Waals surface area contributed by atoms with E-state index >= 15 is 0 Å². The molecule has 0 saturated heterocycles. The van der Waals surface area contributed by atoms with Gasteiger partial charge in [0.25, 0.3) is 0 Å². The van der Waals surface area contributed by atoms with E-state index in [1.807, 2.05) is 0 Å². The highest BCUT2D eigenvalue weighted by atomic mass is 16.4. The highest BCUT2D eigenvalue weighted by Crippen LogP contribution is 2.36. The van der Waals surface area contributed by atoms with Crippen LogP contribution in [0.5, 0.6) is 0 Å². The highest BCUT2D eigenvalue weighted by Gasteiger charge is 2.36. The first-order chi connectivity index (χ1) is 8.65. The third-order valence-corrected chi connectivity index (χ3v) is 2.93. The van der Waals surface area contributed by atoms with E-state index in [0.717, 1.165) is 0 Å². The molecule has 0 radical (unpaired) electrons. The van der Waals surface area contributed by atoms with Crippen molar-refractivity contribution in [3.63, 3.8) is 0 Å². The van der Waals surface area contributed by atoms with Gasteiger partial charge in [-0.1, -0.05) is 18.2 Å². The summed E-state index contributed by atoms with van der Waals surface area (Å²) in [6, 6.07) is 6.74. The number of carbonyl (C=O) groups excluding carboxylic acids is 1. The lowest BCUT2D eigenvalue weighted by molar-refractivity contribution is -0.138. The van der Waals surface area contributed by atoms with Crippen molar-refractivity contribution in [3.8, 4) is 0 Å². The fourth-order valence-corrected chi connectivity index (χ4v) is 2.09. The normalized spacial score (nSPS) is 17.4. The van der Waals surface area contributed by atoms with E-state index in [9.17, 15) is 9.59 Å². The quantitative estimate of drug-likeness (QED) is 0.720. The van der Waals surface area contributed by atoms with Crippen LogP contribution in [0.4, 0.5) is 10.5 Å². The lowest BCUT2D eigenvalue weighted by Gasteiger charge is -2.17. The minimum absolute atomic E-state index is 0.158. The van der Waals surface area contributed by atoms with Gasteiger partial charge >= 0.3 is 12.0 Å². The molecule has 18 heavy (non-hydrogen) atoms. The van der Waals surface area contributed by atoms with Crippen LogP contribution in [0.1, 0.15) is 11.5 Å². The molecule has 0 fully saturated rings. The monoisotopic (exact) mass is 249 g/mol. The Morgan fingerprint density at radius 3 is 2.83 bits per heavy atom. The van der Waals surface area contributed by atoms with Gasteiger partial charge in [-0.3, -0.25) is 9.69 Å². The van der Waals surface area contributed by atoms with Crippen LogP contribution in [-0.4, -0.2) is 36.7 Å². The number of carboxylic acids is 1. The number of rotatable bonds is 3. The molecule has 2 amide bonds. The molecule has 2 rings (SSSR count). The van der Waals surface area contributed by atoms with Crippen molar-refractivity contribution in [3.05, 3.63) is 29.8 Å². The number of fused-ring (bicyclic) bond motifs is 1. The van der Waals surface area contributed by atoms with Gasteiger partial charge in [-0.15, -0.1) is 0 Å². The molecular formula is C12H15N3O3. The number of hydrogen-bond acceptors (Lipinski definition) is 3. The highest BCUT2D eigenvalue weighted by molar-refractivity contribution is 5.98. The van der Waals surface area contributed by atoms with E-state index < -0.39 is 11.9 Å². The van der Waals surface area contributed by atoms with Crippen molar-refractivity contribution in [2.75, 3.05) is 24.5 Å². The van der Waals surface area contributed by atoms with Crippen molar-refractivity contribution in [1.82, 2.24) is 5.32 Å². The maximum atomic E-state index is 11.9. The predicted octanol–water partition coefficient (Wildman–Crippen LogP) is 0.343. The van der Waals surface area contributed by atoms with Crippen LogP contribution in [-0.2, 0) is 4.79 Å². The zero-order valence-electron chi connectivity index (χ0n) is 9.80. The Morgan fingerprint density at radius 1 is 1.44 bits per heavy atom. The number of anilines is 1. The Hall–Kier alpha value is -2.08. The van der Waals surface area contributed by atoms with Gasteiger partial charge in [-0.2, -0.15) is 0 Å². The Morgan fingerprint density at radius 2 is 2.17 bits per heavy atom. The third kappa shape index (κ3) is 2.14. The number of amides is 2. The van der Waals surface area contributed by atoms with Crippen LogP contribution in [0.15, 0.2) is 24.3 Å². The first-order valence-electron chi connectivity index (χ1n) is 5.72. The van der Waals surface area contributed by atoms with Crippen molar-refractivity contribution in [2.45, 2.75) is 5.92 Å². The number of nitrogens with two attached hydrogens (primary N) is 1. The van der Waals surface area contributed by atoms with Crippen LogP contribution in [0.2, 0.25) is 0 Å². The molecule has 1 aromatic rings. The van der Waals surface area contributed by atoms with Crippen molar-refractivity contribution >= 4 is 17.7 Å². The largest absolute Gasteiger partial charge is 0.481 e. The van der Waals surface area contributed by atoms with Crippen LogP contribution in [0.3, 0.4) is 0 Å². The fraction of sp³-hybridized carbons (Fsp3) is 0.333. The Kier molecular flexibility index (Phi) is 3.47. The van der Waals surface area contributed by atoms with Crippen molar-refractivity contribution in [1.29, 1.82) is 0 Å². The first-order valence-corrected chi connectivity index (χ1v) is 5.72. The molecule has 1 aromatic carbocycles. The van der Waals surface area contributed by atoms with E-state index in [2.05, 4.69) is 5.32 Å². The van der Waals surface area contributed by atoms with Gasteiger partial charge in [0.05, 0.1) is 0 Å². The summed E-state index contributed by atoms with van der Waals surface area (Å²) in [7, 11) is 0. The average Bonchev–Trinajstić information content (AvgIpc) is 2.75. The fourth-order valence-electron chi connectivity index (χ4n) is 2.09. The number of benzene rings is 1. The molecule has 6 heteroatoms. The second kappa shape index (κ2) is 5.05. The summed E-state index contributed by atoms with van der Waals surface area (Å²) in [6.07, 6.45) is 0. The van der Waals surface area contributed by atoms with Gasteiger partial charge < -0.3 is 16.2 Å². The summed E-state index contributed by atoms with van der Waals surface area (Å²) in [5.74, 6) is -1.58. The number of carboxylic acid groups (broad SMARTS) is 1. The SMILES string of the molecule is NCCNC(=O)N1CC(C(=O)O)c2ccccc21. The number of aliphatic carboxylic acids is 1. The van der Waals surface area contributed by atoms with Gasteiger partial charge in [-0.05, 0) is 11.6 Å². The van der Waals surface area contributed by atoms with Gasteiger partial charge in [0.2, 0.25) is 0 Å². The van der Waals surface area contributed by atoms with Crippen LogP contribution in [0.25, 0.3) is 0 Å². The summed E-state index contributed by atoms with van der Waals surface area (Å²) in [5.41, 5.74) is 6.64. The molecule has 1 unspecified atom stereocenters. The second-order valence-electron chi connectivity index (χ2n) is 4.08. The first kappa shape index (κ1) is 12.4. The van der Waals surface area contributed by atoms with Gasteiger partial charge in [-0.25, -0.2) is 4.79 Å².